The molecule has 0 radical (unpaired) electrons. The van der Waals surface area contributed by atoms with E-state index in [2.05, 4.69) is 0 Å². The van der Waals surface area contributed by atoms with Gasteiger partial charge in [-0.05, 0) is 17.7 Å². The highest BCUT2D eigenvalue weighted by Crippen LogP contribution is 2.53. The molecule has 1 fully saturated rings. The monoisotopic (exact) mass is 266 g/mol. The predicted octanol–water partition coefficient (Wildman–Crippen LogP) is 0.427. The first kappa shape index (κ1) is 12.9. The highest BCUT2D eigenvalue weighted by Gasteiger charge is 2.69. The van der Waals surface area contributed by atoms with Gasteiger partial charge in [-0.15, -0.1) is 0 Å². The minimum Gasteiger partial charge on any atom is -0.497 e. The van der Waals surface area contributed by atoms with Gasteiger partial charge >= 0.3 is 0 Å². The van der Waals surface area contributed by atoms with Crippen molar-refractivity contribution in [3.63, 3.8) is 0 Å². The summed E-state index contributed by atoms with van der Waals surface area (Å²) in [5.74, 6) is 0.207. The molecule has 3 atom stereocenters. The average Bonchev–Trinajstić information content (AvgIpc) is 2.97. The van der Waals surface area contributed by atoms with E-state index >= 15 is 0 Å². The Morgan fingerprint density at radius 1 is 1.39 bits per heavy atom. The standard InChI is InChI=1S/C12H14N2O3S/c1-17-9-5-3-8(4-6-9)10-11(18(2,15)16)12(10,14)7-13/h3-6,10-11H,14H2,1-2H3/t10-,11+,12+/m1/s1. The van der Waals surface area contributed by atoms with Crippen LogP contribution in [0.25, 0.3) is 0 Å². The predicted molar refractivity (Wildman–Crippen MR) is 66.9 cm³/mol. The number of nitriles is 1. The van der Waals surface area contributed by atoms with E-state index in [4.69, 9.17) is 15.7 Å². The summed E-state index contributed by atoms with van der Waals surface area (Å²) in [6, 6.07) is 8.86. The van der Waals surface area contributed by atoms with Crippen molar-refractivity contribution in [1.29, 1.82) is 5.26 Å². The molecule has 0 saturated heterocycles. The summed E-state index contributed by atoms with van der Waals surface area (Å²) in [7, 11) is -1.79. The SMILES string of the molecule is COc1ccc([C@@H]2[C@H](S(C)(=O)=O)[C@]2(N)C#N)cc1. The van der Waals surface area contributed by atoms with Crippen LogP contribution in [0.4, 0.5) is 0 Å². The molecule has 1 aliphatic carbocycles. The number of sulfone groups is 1. The molecule has 0 amide bonds. The topological polar surface area (TPSA) is 93.2 Å². The van der Waals surface area contributed by atoms with E-state index in [-0.39, 0.29) is 0 Å². The average molecular weight is 266 g/mol. The van der Waals surface area contributed by atoms with Gasteiger partial charge in [-0.2, -0.15) is 5.26 Å². The van der Waals surface area contributed by atoms with Gasteiger partial charge in [0.15, 0.2) is 9.84 Å². The smallest absolute Gasteiger partial charge is 0.153 e. The van der Waals surface area contributed by atoms with Crippen molar-refractivity contribution in [2.24, 2.45) is 5.73 Å². The second-order valence-electron chi connectivity index (χ2n) is 4.55. The maximum atomic E-state index is 11.6. The van der Waals surface area contributed by atoms with E-state index < -0.39 is 26.5 Å². The van der Waals surface area contributed by atoms with E-state index in [1.165, 1.54) is 0 Å². The second-order valence-corrected chi connectivity index (χ2v) is 6.71. The van der Waals surface area contributed by atoms with Gasteiger partial charge < -0.3 is 10.5 Å². The largest absolute Gasteiger partial charge is 0.497 e. The maximum absolute atomic E-state index is 11.6. The lowest BCUT2D eigenvalue weighted by molar-refractivity contribution is 0.414. The molecule has 1 aliphatic rings. The summed E-state index contributed by atoms with van der Waals surface area (Å²) < 4.78 is 28.3. The van der Waals surface area contributed by atoms with E-state index in [9.17, 15) is 8.42 Å². The molecule has 0 unspecified atom stereocenters. The summed E-state index contributed by atoms with van der Waals surface area (Å²) in [6.07, 6.45) is 1.11. The number of hydrogen-bond donors (Lipinski definition) is 1. The normalized spacial score (nSPS) is 30.6. The Morgan fingerprint density at radius 3 is 2.28 bits per heavy atom. The fourth-order valence-electron chi connectivity index (χ4n) is 2.37. The van der Waals surface area contributed by atoms with Crippen LogP contribution in [0.1, 0.15) is 11.5 Å². The van der Waals surface area contributed by atoms with Crippen LogP contribution >= 0.6 is 0 Å². The number of ether oxygens (including phenoxy) is 1. The molecule has 2 N–H and O–H groups in total. The third-order valence-corrected chi connectivity index (χ3v) is 4.89. The third kappa shape index (κ3) is 1.85. The van der Waals surface area contributed by atoms with E-state index in [1.807, 2.05) is 6.07 Å². The Hall–Kier alpha value is -1.58. The Kier molecular flexibility index (Phi) is 2.84. The summed E-state index contributed by atoms with van der Waals surface area (Å²) >= 11 is 0. The lowest BCUT2D eigenvalue weighted by Crippen LogP contribution is -2.28. The fraction of sp³-hybridized carbons (Fsp3) is 0.417. The summed E-state index contributed by atoms with van der Waals surface area (Å²) in [5.41, 5.74) is 5.28. The molecule has 0 heterocycles. The van der Waals surface area contributed by atoms with Crippen LogP contribution in [0.15, 0.2) is 24.3 Å². The second kappa shape index (κ2) is 3.97. The van der Waals surface area contributed by atoms with Crippen LogP contribution < -0.4 is 10.5 Å². The molecule has 0 aromatic heterocycles. The Morgan fingerprint density at radius 2 is 1.94 bits per heavy atom. The quantitative estimate of drug-likeness (QED) is 0.856. The van der Waals surface area contributed by atoms with Crippen LogP contribution in [0, 0.1) is 11.3 Å². The summed E-state index contributed by atoms with van der Waals surface area (Å²) in [6.45, 7) is 0. The van der Waals surface area contributed by atoms with Crippen molar-refractivity contribution in [2.75, 3.05) is 13.4 Å². The van der Waals surface area contributed by atoms with Gasteiger partial charge in [-0.1, -0.05) is 12.1 Å². The Bertz CT molecular complexity index is 603. The van der Waals surface area contributed by atoms with E-state index in [0.29, 0.717) is 5.75 Å². The lowest BCUT2D eigenvalue weighted by Gasteiger charge is -2.03. The molecular weight excluding hydrogens is 252 g/mol. The molecule has 2 rings (SSSR count). The van der Waals surface area contributed by atoms with Gasteiger partial charge in [0.1, 0.15) is 16.5 Å². The molecule has 0 aliphatic heterocycles. The van der Waals surface area contributed by atoms with Crippen molar-refractivity contribution >= 4 is 9.84 Å². The van der Waals surface area contributed by atoms with Crippen molar-refractivity contribution in [3.05, 3.63) is 29.8 Å². The molecule has 5 nitrogen and oxygen atoms in total. The number of hydrogen-bond acceptors (Lipinski definition) is 5. The zero-order valence-corrected chi connectivity index (χ0v) is 10.9. The van der Waals surface area contributed by atoms with Gasteiger partial charge in [0, 0.05) is 12.2 Å². The van der Waals surface area contributed by atoms with Crippen LogP contribution in [0.2, 0.25) is 0 Å². The van der Waals surface area contributed by atoms with Crippen LogP contribution in [-0.4, -0.2) is 32.6 Å². The molecule has 18 heavy (non-hydrogen) atoms. The van der Waals surface area contributed by atoms with Crippen molar-refractivity contribution < 1.29 is 13.2 Å². The minimum atomic E-state index is -3.34. The number of nitrogens with zero attached hydrogens (tertiary/aromatic N) is 1. The van der Waals surface area contributed by atoms with Crippen LogP contribution in [0.3, 0.4) is 0 Å². The van der Waals surface area contributed by atoms with Crippen molar-refractivity contribution in [3.8, 4) is 11.8 Å². The van der Waals surface area contributed by atoms with Crippen LogP contribution in [-0.2, 0) is 9.84 Å². The first-order valence-electron chi connectivity index (χ1n) is 5.37. The van der Waals surface area contributed by atoms with Crippen molar-refractivity contribution in [1.82, 2.24) is 0 Å². The molecular formula is C12H14N2O3S. The van der Waals surface area contributed by atoms with Gasteiger partial charge in [0.25, 0.3) is 0 Å². The summed E-state index contributed by atoms with van der Waals surface area (Å²) in [4.78, 5) is 0. The van der Waals surface area contributed by atoms with Crippen molar-refractivity contribution in [2.45, 2.75) is 16.7 Å². The van der Waals surface area contributed by atoms with Gasteiger partial charge in [0.2, 0.25) is 0 Å². The number of rotatable bonds is 3. The first-order valence-corrected chi connectivity index (χ1v) is 7.33. The Balaban J connectivity index is 2.37. The zero-order chi connectivity index (χ0) is 13.6. The molecule has 1 aromatic rings. The van der Waals surface area contributed by atoms with Crippen LogP contribution in [0.5, 0.6) is 5.75 Å². The summed E-state index contributed by atoms with van der Waals surface area (Å²) in [5, 5.41) is 8.24. The molecule has 96 valence electrons. The number of benzene rings is 1. The molecule has 1 saturated carbocycles. The highest BCUT2D eigenvalue weighted by molar-refractivity contribution is 7.91. The molecule has 6 heteroatoms. The molecule has 0 bridgehead atoms. The molecule has 1 aromatic carbocycles. The lowest BCUT2D eigenvalue weighted by atomic mass is 10.1. The number of nitrogens with two attached hydrogens (primary N) is 1. The number of methoxy groups -OCH3 is 1. The Labute approximate surface area is 106 Å². The zero-order valence-electron chi connectivity index (χ0n) is 10.1. The minimum absolute atomic E-state index is 0.469. The van der Waals surface area contributed by atoms with E-state index in [1.54, 1.807) is 31.4 Å². The van der Waals surface area contributed by atoms with Gasteiger partial charge in [-0.3, -0.25) is 0 Å². The third-order valence-electron chi connectivity index (χ3n) is 3.31. The highest BCUT2D eigenvalue weighted by atomic mass is 32.2. The maximum Gasteiger partial charge on any atom is 0.153 e. The van der Waals surface area contributed by atoms with E-state index in [0.717, 1.165) is 11.8 Å². The fourth-order valence-corrected chi connectivity index (χ4v) is 4.08. The van der Waals surface area contributed by atoms with Gasteiger partial charge in [-0.25, -0.2) is 8.42 Å². The molecule has 0 spiro atoms. The van der Waals surface area contributed by atoms with Gasteiger partial charge in [0.05, 0.1) is 13.2 Å². The first-order chi connectivity index (χ1) is 8.34.